The molecule has 17 heavy (non-hydrogen) atoms. The number of hydrogen-bond donors (Lipinski definition) is 3. The first-order valence-electron chi connectivity index (χ1n) is 4.93. The van der Waals surface area contributed by atoms with Crippen molar-refractivity contribution in [3.8, 4) is 0 Å². The fraction of sp³-hybridized carbons (Fsp3) is 0.778. The lowest BCUT2D eigenvalue weighted by molar-refractivity contribution is -0.192. The van der Waals surface area contributed by atoms with Gasteiger partial charge in [0.1, 0.15) is 0 Å². The third-order valence-corrected chi connectivity index (χ3v) is 2.31. The monoisotopic (exact) mass is 257 g/mol. The van der Waals surface area contributed by atoms with E-state index in [0.717, 1.165) is 19.3 Å². The Morgan fingerprint density at radius 2 is 1.65 bits per heavy atom. The summed E-state index contributed by atoms with van der Waals surface area (Å²) in [6.07, 6.45) is -1.65. The molecule has 1 aliphatic carbocycles. The van der Waals surface area contributed by atoms with Gasteiger partial charge in [-0.05, 0) is 19.3 Å². The normalized spacial score (nSPS) is 24.5. The first-order valence-corrected chi connectivity index (χ1v) is 4.93. The number of nitrogens with two attached hydrogens (primary N) is 1. The Bertz CT molecular complexity index is 280. The first kappa shape index (κ1) is 15.7. The average molecular weight is 257 g/mol. The molecule has 8 heteroatoms. The first-order chi connectivity index (χ1) is 7.64. The largest absolute Gasteiger partial charge is 0.490 e. The molecule has 1 saturated carbocycles. The zero-order valence-electron chi connectivity index (χ0n) is 8.91. The van der Waals surface area contributed by atoms with Crippen molar-refractivity contribution in [1.82, 2.24) is 0 Å². The standard InChI is InChI=1S/C7H13NO2.C2HF3O2/c8-6-3-1-2-5(4-6)7(9)10;3-2(4,5)1(6)7/h5-6H,1-4,8H2,(H,9,10);(H,6,7)/t5-,6+;/m0./s1. The second-order valence-corrected chi connectivity index (χ2v) is 3.76. The number of aliphatic carboxylic acids is 2. The van der Waals surface area contributed by atoms with Gasteiger partial charge in [-0.3, -0.25) is 4.79 Å². The molecular weight excluding hydrogens is 243 g/mol. The Morgan fingerprint density at radius 3 is 1.88 bits per heavy atom. The second kappa shape index (κ2) is 6.43. The summed E-state index contributed by atoms with van der Waals surface area (Å²) in [5.74, 6) is -3.62. The molecule has 0 unspecified atom stereocenters. The molecule has 1 aliphatic rings. The lowest BCUT2D eigenvalue weighted by Crippen LogP contribution is -2.31. The molecule has 0 aromatic heterocycles. The zero-order valence-corrected chi connectivity index (χ0v) is 8.91. The Kier molecular flexibility index (Phi) is 5.94. The van der Waals surface area contributed by atoms with Crippen LogP contribution in [0.4, 0.5) is 13.2 Å². The number of alkyl halides is 3. The van der Waals surface area contributed by atoms with E-state index in [9.17, 15) is 18.0 Å². The maximum Gasteiger partial charge on any atom is 0.490 e. The summed E-state index contributed by atoms with van der Waals surface area (Å²) in [6.45, 7) is 0. The van der Waals surface area contributed by atoms with Crippen LogP contribution < -0.4 is 5.73 Å². The molecule has 0 saturated heterocycles. The van der Waals surface area contributed by atoms with Crippen LogP contribution in [0.25, 0.3) is 0 Å². The zero-order chi connectivity index (χ0) is 13.6. The highest BCUT2D eigenvalue weighted by atomic mass is 19.4. The molecule has 0 amide bonds. The second-order valence-electron chi connectivity index (χ2n) is 3.76. The van der Waals surface area contributed by atoms with Crippen molar-refractivity contribution < 1.29 is 33.0 Å². The quantitative estimate of drug-likeness (QED) is 0.655. The van der Waals surface area contributed by atoms with Gasteiger partial charge in [0.05, 0.1) is 5.92 Å². The summed E-state index contributed by atoms with van der Waals surface area (Å²) >= 11 is 0. The minimum Gasteiger partial charge on any atom is -0.481 e. The molecule has 1 fully saturated rings. The van der Waals surface area contributed by atoms with E-state index in [1.54, 1.807) is 0 Å². The van der Waals surface area contributed by atoms with E-state index in [1.165, 1.54) is 0 Å². The number of halogens is 3. The third kappa shape index (κ3) is 6.77. The van der Waals surface area contributed by atoms with Gasteiger partial charge >= 0.3 is 18.1 Å². The van der Waals surface area contributed by atoms with Crippen molar-refractivity contribution in [2.24, 2.45) is 11.7 Å². The van der Waals surface area contributed by atoms with Gasteiger partial charge in [-0.1, -0.05) is 6.42 Å². The van der Waals surface area contributed by atoms with Crippen molar-refractivity contribution in [3.05, 3.63) is 0 Å². The summed E-state index contributed by atoms with van der Waals surface area (Å²) in [5, 5.41) is 15.7. The molecule has 100 valence electrons. The van der Waals surface area contributed by atoms with E-state index in [4.69, 9.17) is 20.7 Å². The van der Waals surface area contributed by atoms with Crippen molar-refractivity contribution in [1.29, 1.82) is 0 Å². The van der Waals surface area contributed by atoms with Crippen LogP contribution in [-0.4, -0.2) is 34.4 Å². The highest BCUT2D eigenvalue weighted by molar-refractivity contribution is 5.73. The molecule has 0 aromatic rings. The van der Waals surface area contributed by atoms with Crippen LogP contribution in [0.15, 0.2) is 0 Å². The van der Waals surface area contributed by atoms with Crippen LogP contribution in [0.2, 0.25) is 0 Å². The molecule has 0 radical (unpaired) electrons. The fourth-order valence-electron chi connectivity index (χ4n) is 1.45. The van der Waals surface area contributed by atoms with Crippen molar-refractivity contribution in [2.75, 3.05) is 0 Å². The van der Waals surface area contributed by atoms with Gasteiger partial charge in [0.15, 0.2) is 0 Å². The average Bonchev–Trinajstić information content (AvgIpc) is 2.17. The molecule has 1 rings (SSSR count). The summed E-state index contributed by atoms with van der Waals surface area (Å²) in [6, 6.07) is 0.120. The third-order valence-electron chi connectivity index (χ3n) is 2.31. The maximum atomic E-state index is 10.6. The molecule has 0 bridgehead atoms. The van der Waals surface area contributed by atoms with Gasteiger partial charge < -0.3 is 15.9 Å². The highest BCUT2D eigenvalue weighted by Gasteiger charge is 2.38. The summed E-state index contributed by atoms with van der Waals surface area (Å²) in [5.41, 5.74) is 5.60. The Morgan fingerprint density at radius 1 is 1.18 bits per heavy atom. The number of carboxylic acids is 2. The predicted octanol–water partition coefficient (Wildman–Crippen LogP) is 1.22. The van der Waals surface area contributed by atoms with E-state index in [-0.39, 0.29) is 12.0 Å². The van der Waals surface area contributed by atoms with E-state index >= 15 is 0 Å². The summed E-state index contributed by atoms with van der Waals surface area (Å²) in [7, 11) is 0. The number of carbonyl (C=O) groups is 2. The molecule has 2 atom stereocenters. The Balaban J connectivity index is 0.000000325. The van der Waals surface area contributed by atoms with Crippen molar-refractivity contribution in [3.63, 3.8) is 0 Å². The minimum absolute atomic E-state index is 0.120. The van der Waals surface area contributed by atoms with Crippen LogP contribution in [-0.2, 0) is 9.59 Å². The SMILES string of the molecule is N[C@@H]1CCC[C@H](C(=O)O)C1.O=C(O)C(F)(F)F. The topological polar surface area (TPSA) is 101 Å². The van der Waals surface area contributed by atoms with Crippen LogP contribution in [0.3, 0.4) is 0 Å². The van der Waals surface area contributed by atoms with Gasteiger partial charge in [0, 0.05) is 6.04 Å². The molecule has 5 nitrogen and oxygen atoms in total. The van der Waals surface area contributed by atoms with Gasteiger partial charge in [-0.2, -0.15) is 13.2 Å². The Hall–Kier alpha value is -1.31. The molecule has 0 aromatic carbocycles. The molecular formula is C9H14F3NO4. The fourth-order valence-corrected chi connectivity index (χ4v) is 1.45. The number of carboxylic acid groups (broad SMARTS) is 2. The van der Waals surface area contributed by atoms with E-state index in [0.29, 0.717) is 6.42 Å². The van der Waals surface area contributed by atoms with Crippen LogP contribution in [0.1, 0.15) is 25.7 Å². The minimum atomic E-state index is -5.08. The van der Waals surface area contributed by atoms with Crippen molar-refractivity contribution >= 4 is 11.9 Å². The van der Waals surface area contributed by atoms with Crippen LogP contribution in [0, 0.1) is 5.92 Å². The predicted molar refractivity (Wildman–Crippen MR) is 51.3 cm³/mol. The lowest BCUT2D eigenvalue weighted by Gasteiger charge is -2.22. The number of rotatable bonds is 1. The summed E-state index contributed by atoms with van der Waals surface area (Å²) < 4.78 is 31.7. The molecule has 0 aliphatic heterocycles. The summed E-state index contributed by atoms with van der Waals surface area (Å²) in [4.78, 5) is 19.3. The van der Waals surface area contributed by atoms with Crippen LogP contribution in [0.5, 0.6) is 0 Å². The smallest absolute Gasteiger partial charge is 0.481 e. The lowest BCUT2D eigenvalue weighted by atomic mass is 9.86. The van der Waals surface area contributed by atoms with E-state index in [1.807, 2.05) is 0 Å². The van der Waals surface area contributed by atoms with Crippen molar-refractivity contribution in [2.45, 2.75) is 37.9 Å². The number of hydrogen-bond acceptors (Lipinski definition) is 3. The van der Waals surface area contributed by atoms with Gasteiger partial charge in [0.25, 0.3) is 0 Å². The van der Waals surface area contributed by atoms with E-state index < -0.39 is 18.1 Å². The molecule has 4 N–H and O–H groups in total. The molecule has 0 spiro atoms. The maximum absolute atomic E-state index is 10.6. The van der Waals surface area contributed by atoms with Crippen LogP contribution >= 0.6 is 0 Å². The highest BCUT2D eigenvalue weighted by Crippen LogP contribution is 2.22. The van der Waals surface area contributed by atoms with E-state index in [2.05, 4.69) is 0 Å². The Labute approximate surface area is 95.4 Å². The van der Waals surface area contributed by atoms with Gasteiger partial charge in [-0.25, -0.2) is 4.79 Å². The van der Waals surface area contributed by atoms with Gasteiger partial charge in [-0.15, -0.1) is 0 Å². The van der Waals surface area contributed by atoms with Gasteiger partial charge in [0.2, 0.25) is 0 Å². The molecule has 0 heterocycles.